The summed E-state index contributed by atoms with van der Waals surface area (Å²) in [4.78, 5) is 0.263. The average Bonchev–Trinajstić information content (AvgIpc) is 3.24. The predicted molar refractivity (Wildman–Crippen MR) is 127 cm³/mol. The molecule has 0 aliphatic carbocycles. The molecule has 8 nitrogen and oxygen atoms in total. The molecular weight excluding hydrogens is 462 g/mol. The van der Waals surface area contributed by atoms with E-state index < -0.39 is 19.9 Å². The Morgan fingerprint density at radius 3 is 1.97 bits per heavy atom. The zero-order valence-electron chi connectivity index (χ0n) is 18.0. The molecule has 0 amide bonds. The van der Waals surface area contributed by atoms with E-state index in [0.29, 0.717) is 12.1 Å². The molecule has 2 N–H and O–H groups in total. The molecule has 0 saturated carbocycles. The molecule has 0 bridgehead atoms. The average molecular weight is 486 g/mol. The summed E-state index contributed by atoms with van der Waals surface area (Å²) < 4.78 is 52.1. The first-order valence-electron chi connectivity index (χ1n) is 10.0. The molecule has 33 heavy (non-hydrogen) atoms. The summed E-state index contributed by atoms with van der Waals surface area (Å²) in [5, 5.41) is 11.9. The monoisotopic (exact) mass is 485 g/mol. The fourth-order valence-corrected chi connectivity index (χ4v) is 4.84. The molecule has 1 atom stereocenters. The van der Waals surface area contributed by atoms with Gasteiger partial charge < -0.3 is 4.74 Å². The van der Waals surface area contributed by atoms with Crippen molar-refractivity contribution in [1.29, 1.82) is 0 Å². The molecule has 0 radical (unpaired) electrons. The van der Waals surface area contributed by atoms with Crippen LogP contribution in [0.3, 0.4) is 0 Å². The zero-order valence-corrected chi connectivity index (χ0v) is 19.7. The predicted octanol–water partition coefficient (Wildman–Crippen LogP) is 3.10. The maximum Gasteiger partial charge on any atom is 0.238 e. The number of rotatable bonds is 6. The standard InChI is InChI=1S/C23H23N3O5S2/c1-31-19-9-3-17(4-10-19)23-15-22(16-5-11-20(12-6-16)32(2,27)28)25-26(23)18-7-13-21(14-8-18)33(24,29)30/h3-14,23H,15H2,1-2H3,(H2,24,29,30). The topological polar surface area (TPSA) is 119 Å². The molecule has 3 aromatic carbocycles. The Morgan fingerprint density at radius 2 is 1.45 bits per heavy atom. The molecule has 172 valence electrons. The first-order chi connectivity index (χ1) is 15.6. The number of hydrogen-bond acceptors (Lipinski definition) is 7. The van der Waals surface area contributed by atoms with Gasteiger partial charge in [-0.15, -0.1) is 0 Å². The zero-order chi connectivity index (χ0) is 23.8. The fraction of sp³-hybridized carbons (Fsp3) is 0.174. The number of anilines is 1. The number of primary sulfonamides is 1. The number of nitrogens with zero attached hydrogens (tertiary/aromatic N) is 2. The van der Waals surface area contributed by atoms with Crippen molar-refractivity contribution in [3.63, 3.8) is 0 Å². The lowest BCUT2D eigenvalue weighted by atomic mass is 9.98. The van der Waals surface area contributed by atoms with E-state index in [1.54, 1.807) is 43.5 Å². The Hall–Kier alpha value is -3.21. The summed E-state index contributed by atoms with van der Waals surface area (Å²) in [6.45, 7) is 0. The summed E-state index contributed by atoms with van der Waals surface area (Å²) in [6, 6.07) is 20.4. The van der Waals surface area contributed by atoms with E-state index >= 15 is 0 Å². The number of sulfone groups is 1. The van der Waals surface area contributed by atoms with Crippen LogP contribution in [0.5, 0.6) is 5.75 Å². The van der Waals surface area contributed by atoms with Gasteiger partial charge in [0, 0.05) is 12.7 Å². The molecule has 4 rings (SSSR count). The Morgan fingerprint density at radius 1 is 0.879 bits per heavy atom. The molecule has 1 aliphatic rings. The quantitative estimate of drug-likeness (QED) is 0.573. The van der Waals surface area contributed by atoms with Crippen molar-refractivity contribution < 1.29 is 21.6 Å². The molecular formula is C23H23N3O5S2. The van der Waals surface area contributed by atoms with Crippen molar-refractivity contribution in [2.45, 2.75) is 22.3 Å². The van der Waals surface area contributed by atoms with E-state index in [-0.39, 0.29) is 15.8 Å². The maximum atomic E-state index is 11.8. The second-order valence-electron chi connectivity index (χ2n) is 7.72. The molecule has 3 aromatic rings. The van der Waals surface area contributed by atoms with Gasteiger partial charge in [0.25, 0.3) is 0 Å². The van der Waals surface area contributed by atoms with Crippen LogP contribution in [0, 0.1) is 0 Å². The van der Waals surface area contributed by atoms with Crippen molar-refractivity contribution in [3.8, 4) is 5.75 Å². The highest BCUT2D eigenvalue weighted by atomic mass is 32.2. The van der Waals surface area contributed by atoms with E-state index in [2.05, 4.69) is 0 Å². The van der Waals surface area contributed by atoms with Gasteiger partial charge in [-0.2, -0.15) is 5.10 Å². The van der Waals surface area contributed by atoms with Crippen molar-refractivity contribution >= 4 is 31.3 Å². The molecule has 0 saturated heterocycles. The Balaban J connectivity index is 1.73. The number of ether oxygens (including phenoxy) is 1. The SMILES string of the molecule is COc1ccc(C2CC(c3ccc(S(C)(=O)=O)cc3)=NN2c2ccc(S(N)(=O)=O)cc2)cc1. The largest absolute Gasteiger partial charge is 0.497 e. The van der Waals surface area contributed by atoms with Gasteiger partial charge in [0.15, 0.2) is 9.84 Å². The van der Waals surface area contributed by atoms with Crippen molar-refractivity contribution in [2.75, 3.05) is 18.4 Å². The molecule has 1 unspecified atom stereocenters. The highest BCUT2D eigenvalue weighted by Gasteiger charge is 2.30. The highest BCUT2D eigenvalue weighted by Crippen LogP contribution is 2.37. The minimum Gasteiger partial charge on any atom is -0.497 e. The van der Waals surface area contributed by atoms with E-state index in [1.807, 2.05) is 29.3 Å². The lowest BCUT2D eigenvalue weighted by Gasteiger charge is -2.24. The molecule has 0 aromatic heterocycles. The molecule has 10 heteroatoms. The minimum absolute atomic E-state index is 0.0204. The van der Waals surface area contributed by atoms with Gasteiger partial charge in [-0.25, -0.2) is 22.0 Å². The second kappa shape index (κ2) is 8.62. The van der Waals surface area contributed by atoms with E-state index in [0.717, 1.165) is 22.6 Å². The van der Waals surface area contributed by atoms with Gasteiger partial charge in [0.2, 0.25) is 10.0 Å². The second-order valence-corrected chi connectivity index (χ2v) is 11.3. The van der Waals surface area contributed by atoms with Gasteiger partial charge >= 0.3 is 0 Å². The van der Waals surface area contributed by atoms with Crippen LogP contribution in [0.1, 0.15) is 23.6 Å². The number of nitrogens with two attached hydrogens (primary N) is 1. The Bertz CT molecular complexity index is 1400. The summed E-state index contributed by atoms with van der Waals surface area (Å²) in [7, 11) is -5.50. The Labute approximate surface area is 193 Å². The summed E-state index contributed by atoms with van der Waals surface area (Å²) >= 11 is 0. The van der Waals surface area contributed by atoms with Gasteiger partial charge in [0.05, 0.1) is 34.3 Å². The molecule has 0 fully saturated rings. The number of hydrazone groups is 1. The van der Waals surface area contributed by atoms with Crippen LogP contribution in [-0.4, -0.2) is 35.9 Å². The maximum absolute atomic E-state index is 11.8. The smallest absolute Gasteiger partial charge is 0.238 e. The molecule has 1 aliphatic heterocycles. The van der Waals surface area contributed by atoms with E-state index in [9.17, 15) is 16.8 Å². The van der Waals surface area contributed by atoms with Crippen molar-refractivity contribution in [2.24, 2.45) is 10.2 Å². The van der Waals surface area contributed by atoms with Crippen LogP contribution in [0.4, 0.5) is 5.69 Å². The van der Waals surface area contributed by atoms with Crippen molar-refractivity contribution in [1.82, 2.24) is 0 Å². The number of methoxy groups -OCH3 is 1. The van der Waals surface area contributed by atoms with Gasteiger partial charge in [-0.05, 0) is 59.7 Å². The van der Waals surface area contributed by atoms with Gasteiger partial charge in [-0.3, -0.25) is 5.01 Å². The number of hydrogen-bond donors (Lipinski definition) is 1. The van der Waals surface area contributed by atoms with E-state index in [1.165, 1.54) is 18.4 Å². The van der Waals surface area contributed by atoms with Crippen LogP contribution in [0.2, 0.25) is 0 Å². The third-order valence-corrected chi connectivity index (χ3v) is 7.51. The highest BCUT2D eigenvalue weighted by molar-refractivity contribution is 7.90. The van der Waals surface area contributed by atoms with Crippen molar-refractivity contribution in [3.05, 3.63) is 83.9 Å². The summed E-state index contributed by atoms with van der Waals surface area (Å²) in [6.07, 6.45) is 1.74. The van der Waals surface area contributed by atoms with Crippen LogP contribution >= 0.6 is 0 Å². The fourth-order valence-electron chi connectivity index (χ4n) is 3.69. The lowest BCUT2D eigenvalue weighted by Crippen LogP contribution is -2.19. The third kappa shape index (κ3) is 4.92. The molecule has 0 spiro atoms. The van der Waals surface area contributed by atoms with Crippen LogP contribution in [0.15, 0.2) is 87.7 Å². The van der Waals surface area contributed by atoms with Crippen LogP contribution in [0.25, 0.3) is 0 Å². The lowest BCUT2D eigenvalue weighted by molar-refractivity contribution is 0.414. The Kier molecular flexibility index (Phi) is 6.00. The number of benzene rings is 3. The normalized spacial score (nSPS) is 16.5. The summed E-state index contributed by atoms with van der Waals surface area (Å²) in [5.41, 5.74) is 3.29. The van der Waals surface area contributed by atoms with E-state index in [4.69, 9.17) is 15.0 Å². The summed E-state index contributed by atoms with van der Waals surface area (Å²) in [5.74, 6) is 0.735. The van der Waals surface area contributed by atoms with Crippen LogP contribution in [-0.2, 0) is 19.9 Å². The third-order valence-electron chi connectivity index (χ3n) is 5.46. The number of sulfonamides is 1. The van der Waals surface area contributed by atoms with Gasteiger partial charge in [-0.1, -0.05) is 24.3 Å². The first kappa shape index (κ1) is 23.0. The van der Waals surface area contributed by atoms with Crippen LogP contribution < -0.4 is 14.9 Å². The molecule has 1 heterocycles. The van der Waals surface area contributed by atoms with Gasteiger partial charge in [0.1, 0.15) is 5.75 Å². The minimum atomic E-state index is -3.80. The first-order valence-corrected chi connectivity index (χ1v) is 13.4.